The second-order valence-corrected chi connectivity index (χ2v) is 7.64. The minimum atomic E-state index is 0.384. The summed E-state index contributed by atoms with van der Waals surface area (Å²) in [6, 6.07) is 13.1. The number of rotatable bonds is 8. The summed E-state index contributed by atoms with van der Waals surface area (Å²) >= 11 is 0. The van der Waals surface area contributed by atoms with E-state index in [1.807, 2.05) is 6.07 Å². The van der Waals surface area contributed by atoms with Crippen molar-refractivity contribution in [3.8, 4) is 11.5 Å². The first kappa shape index (κ1) is 21.5. The van der Waals surface area contributed by atoms with Crippen molar-refractivity contribution in [3.05, 3.63) is 53.1 Å². The van der Waals surface area contributed by atoms with Gasteiger partial charge in [0.05, 0.1) is 13.7 Å². The van der Waals surface area contributed by atoms with Crippen molar-refractivity contribution in [2.24, 2.45) is 0 Å². The van der Waals surface area contributed by atoms with Gasteiger partial charge in [0.25, 0.3) is 0 Å². The number of nitrogens with zero attached hydrogens (tertiary/aromatic N) is 2. The Morgan fingerprint density at radius 3 is 2.38 bits per heavy atom. The van der Waals surface area contributed by atoms with E-state index in [0.717, 1.165) is 37.7 Å². The topological polar surface area (TPSA) is 34.2 Å². The highest BCUT2D eigenvalue weighted by molar-refractivity contribution is 5.51. The van der Waals surface area contributed by atoms with Crippen LogP contribution in [-0.4, -0.2) is 58.5 Å². The molecule has 0 saturated carbocycles. The van der Waals surface area contributed by atoms with Gasteiger partial charge in [0.1, 0.15) is 18.1 Å². The Hall–Kier alpha value is -2.24. The van der Waals surface area contributed by atoms with Crippen molar-refractivity contribution < 1.29 is 14.2 Å². The van der Waals surface area contributed by atoms with Gasteiger partial charge in [0.15, 0.2) is 0 Å². The number of piperazine rings is 1. The number of hydrogen-bond donors (Lipinski definition) is 0. The van der Waals surface area contributed by atoms with Gasteiger partial charge in [-0.15, -0.1) is 0 Å². The Kier molecular flexibility index (Phi) is 7.40. The molecule has 158 valence electrons. The lowest BCUT2D eigenvalue weighted by Crippen LogP contribution is -2.47. The summed E-state index contributed by atoms with van der Waals surface area (Å²) in [5.74, 6) is 1.87. The molecule has 0 spiro atoms. The molecule has 0 amide bonds. The van der Waals surface area contributed by atoms with Crippen molar-refractivity contribution in [3.63, 3.8) is 0 Å². The van der Waals surface area contributed by atoms with Gasteiger partial charge >= 0.3 is 0 Å². The van der Waals surface area contributed by atoms with Gasteiger partial charge in [-0.3, -0.25) is 4.90 Å². The Balaban J connectivity index is 1.64. The first-order valence-electron chi connectivity index (χ1n) is 10.4. The Labute approximate surface area is 175 Å². The molecule has 0 aliphatic carbocycles. The molecule has 1 aliphatic rings. The highest BCUT2D eigenvalue weighted by Gasteiger charge is 2.24. The standard InChI is InChI=1S/C24H34N2O3/c1-18-19(2)24(29-16-15-27-4)10-9-23(18)20(3)25-11-13-26(14-12-25)21-7-6-8-22(17-21)28-5/h6-10,17,20H,11-16H2,1-5H3. The van der Waals surface area contributed by atoms with E-state index >= 15 is 0 Å². The highest BCUT2D eigenvalue weighted by atomic mass is 16.5. The lowest BCUT2D eigenvalue weighted by Gasteiger charge is -2.39. The summed E-state index contributed by atoms with van der Waals surface area (Å²) in [5, 5.41) is 0. The molecular weight excluding hydrogens is 364 g/mol. The van der Waals surface area contributed by atoms with E-state index in [4.69, 9.17) is 14.2 Å². The van der Waals surface area contributed by atoms with Gasteiger partial charge in [-0.1, -0.05) is 12.1 Å². The fourth-order valence-corrected chi connectivity index (χ4v) is 4.03. The molecule has 0 aromatic heterocycles. The smallest absolute Gasteiger partial charge is 0.122 e. The normalized spacial score (nSPS) is 16.0. The van der Waals surface area contributed by atoms with Crippen LogP contribution < -0.4 is 14.4 Å². The van der Waals surface area contributed by atoms with E-state index in [-0.39, 0.29) is 0 Å². The van der Waals surface area contributed by atoms with Crippen LogP contribution in [0.5, 0.6) is 11.5 Å². The third-order valence-electron chi connectivity index (χ3n) is 6.05. The maximum Gasteiger partial charge on any atom is 0.122 e. The monoisotopic (exact) mass is 398 g/mol. The zero-order valence-electron chi connectivity index (χ0n) is 18.4. The molecule has 1 heterocycles. The van der Waals surface area contributed by atoms with Crippen molar-refractivity contribution in [2.45, 2.75) is 26.8 Å². The Morgan fingerprint density at radius 1 is 0.931 bits per heavy atom. The van der Waals surface area contributed by atoms with E-state index in [2.05, 4.69) is 60.9 Å². The van der Waals surface area contributed by atoms with Crippen LogP contribution in [0, 0.1) is 13.8 Å². The summed E-state index contributed by atoms with van der Waals surface area (Å²) in [6.07, 6.45) is 0. The van der Waals surface area contributed by atoms with Crippen molar-refractivity contribution in [1.29, 1.82) is 0 Å². The second-order valence-electron chi connectivity index (χ2n) is 7.64. The Morgan fingerprint density at radius 2 is 1.69 bits per heavy atom. The third kappa shape index (κ3) is 5.03. The molecule has 0 N–H and O–H groups in total. The van der Waals surface area contributed by atoms with Crippen LogP contribution in [0.1, 0.15) is 29.7 Å². The Bertz CT molecular complexity index is 801. The van der Waals surface area contributed by atoms with Gasteiger partial charge in [0, 0.05) is 51.1 Å². The maximum absolute atomic E-state index is 5.86. The van der Waals surface area contributed by atoms with Crippen LogP contribution in [0.4, 0.5) is 5.69 Å². The fraction of sp³-hybridized carbons (Fsp3) is 0.500. The minimum absolute atomic E-state index is 0.384. The van der Waals surface area contributed by atoms with E-state index in [9.17, 15) is 0 Å². The molecule has 3 rings (SSSR count). The van der Waals surface area contributed by atoms with Crippen LogP contribution in [0.3, 0.4) is 0 Å². The largest absolute Gasteiger partial charge is 0.497 e. The third-order valence-corrected chi connectivity index (χ3v) is 6.05. The molecule has 1 atom stereocenters. The second kappa shape index (κ2) is 9.99. The number of hydrogen-bond acceptors (Lipinski definition) is 5. The average Bonchev–Trinajstić information content (AvgIpc) is 2.76. The van der Waals surface area contributed by atoms with Crippen LogP contribution >= 0.6 is 0 Å². The summed E-state index contributed by atoms with van der Waals surface area (Å²) in [5.41, 5.74) is 5.17. The highest BCUT2D eigenvalue weighted by Crippen LogP contribution is 2.32. The molecule has 2 aromatic rings. The molecule has 2 aromatic carbocycles. The van der Waals surface area contributed by atoms with Gasteiger partial charge in [-0.2, -0.15) is 0 Å². The molecule has 1 saturated heterocycles. The van der Waals surface area contributed by atoms with E-state index in [0.29, 0.717) is 19.3 Å². The van der Waals surface area contributed by atoms with Gasteiger partial charge in [-0.25, -0.2) is 0 Å². The van der Waals surface area contributed by atoms with E-state index < -0.39 is 0 Å². The predicted octanol–water partition coefficient (Wildman–Crippen LogP) is 4.22. The van der Waals surface area contributed by atoms with Gasteiger partial charge < -0.3 is 19.1 Å². The maximum atomic E-state index is 5.86. The van der Waals surface area contributed by atoms with Crippen LogP contribution in [0.25, 0.3) is 0 Å². The zero-order valence-corrected chi connectivity index (χ0v) is 18.4. The number of ether oxygens (including phenoxy) is 3. The van der Waals surface area contributed by atoms with Crippen molar-refractivity contribution >= 4 is 5.69 Å². The summed E-state index contributed by atoms with van der Waals surface area (Å²) < 4.78 is 16.3. The molecule has 5 nitrogen and oxygen atoms in total. The molecular formula is C24H34N2O3. The molecule has 1 unspecified atom stereocenters. The molecule has 29 heavy (non-hydrogen) atoms. The van der Waals surface area contributed by atoms with E-state index in [1.165, 1.54) is 22.4 Å². The lowest BCUT2D eigenvalue weighted by molar-refractivity contribution is 0.146. The quantitative estimate of drug-likeness (QED) is 0.622. The molecule has 0 bridgehead atoms. The minimum Gasteiger partial charge on any atom is -0.497 e. The number of benzene rings is 2. The SMILES string of the molecule is COCCOc1ccc(C(C)N2CCN(c3cccc(OC)c3)CC2)c(C)c1C. The van der Waals surface area contributed by atoms with Crippen LogP contribution in [-0.2, 0) is 4.74 Å². The summed E-state index contributed by atoms with van der Waals surface area (Å²) in [6.45, 7) is 12.0. The van der Waals surface area contributed by atoms with Gasteiger partial charge in [0.2, 0.25) is 0 Å². The summed E-state index contributed by atoms with van der Waals surface area (Å²) in [4.78, 5) is 5.01. The average molecular weight is 399 g/mol. The van der Waals surface area contributed by atoms with Crippen LogP contribution in [0.2, 0.25) is 0 Å². The van der Waals surface area contributed by atoms with Crippen molar-refractivity contribution in [1.82, 2.24) is 4.90 Å². The van der Waals surface area contributed by atoms with Gasteiger partial charge in [-0.05, 0) is 55.7 Å². The first-order valence-corrected chi connectivity index (χ1v) is 10.4. The predicted molar refractivity (Wildman–Crippen MR) is 118 cm³/mol. The molecule has 5 heteroatoms. The van der Waals surface area contributed by atoms with Crippen LogP contribution in [0.15, 0.2) is 36.4 Å². The number of methoxy groups -OCH3 is 2. The first-order chi connectivity index (χ1) is 14.0. The molecule has 1 aliphatic heterocycles. The number of anilines is 1. The lowest BCUT2D eigenvalue weighted by atomic mass is 9.96. The summed E-state index contributed by atoms with van der Waals surface area (Å²) in [7, 11) is 3.41. The van der Waals surface area contributed by atoms with E-state index in [1.54, 1.807) is 14.2 Å². The zero-order chi connectivity index (χ0) is 20.8. The fourth-order valence-electron chi connectivity index (χ4n) is 4.03. The molecule has 0 radical (unpaired) electrons. The molecule has 1 fully saturated rings. The van der Waals surface area contributed by atoms with Crippen molar-refractivity contribution in [2.75, 3.05) is 58.5 Å².